The molecule has 2 bridgehead atoms. The van der Waals surface area contributed by atoms with Gasteiger partial charge in [0.2, 0.25) is 23.6 Å². The molecule has 3 fully saturated rings. The van der Waals surface area contributed by atoms with E-state index in [1.807, 2.05) is 0 Å². The van der Waals surface area contributed by atoms with E-state index in [4.69, 9.17) is 4.74 Å². The molecule has 4 amide bonds. The number of likely N-dealkylation sites (tertiary alicyclic amines) is 1. The van der Waals surface area contributed by atoms with Crippen molar-refractivity contribution >= 4 is 23.6 Å². The highest BCUT2D eigenvalue weighted by molar-refractivity contribution is 6.11. The van der Waals surface area contributed by atoms with Crippen LogP contribution in [0.5, 0.6) is 0 Å². The number of hydrogen-bond acceptors (Lipinski definition) is 5. The standard InChI is InChI=1S/C13H12N2O5/c16-8-4-1-5(11(17)14-8)15-12(18)9-6-2-3-7(20-6)10(9)13(15)19/h2-3,5-7,9-10H,1,4H2,(H,14,16,17). The molecule has 20 heavy (non-hydrogen) atoms. The first kappa shape index (κ1) is 11.8. The molecule has 4 rings (SSSR count). The number of carbonyl (C=O) groups excluding carboxylic acids is 4. The summed E-state index contributed by atoms with van der Waals surface area (Å²) in [6.07, 6.45) is 3.21. The van der Waals surface area contributed by atoms with Crippen LogP contribution >= 0.6 is 0 Å². The normalized spacial score (nSPS) is 42.4. The number of nitrogens with one attached hydrogen (secondary N) is 1. The fraction of sp³-hybridized carbons (Fsp3) is 0.538. The van der Waals surface area contributed by atoms with Gasteiger partial charge in [0.05, 0.1) is 24.0 Å². The Bertz CT molecular complexity index is 553. The zero-order chi connectivity index (χ0) is 14.0. The minimum atomic E-state index is -0.863. The highest BCUT2D eigenvalue weighted by atomic mass is 16.5. The molecule has 0 radical (unpaired) electrons. The van der Waals surface area contributed by atoms with Crippen LogP contribution in [-0.4, -0.2) is 46.8 Å². The molecule has 1 N–H and O–H groups in total. The number of ether oxygens (including phenoxy) is 1. The lowest BCUT2D eigenvalue weighted by Crippen LogP contribution is -2.55. The Morgan fingerprint density at radius 2 is 1.65 bits per heavy atom. The molecule has 7 heteroatoms. The molecule has 0 aliphatic carbocycles. The molecule has 4 aliphatic rings. The SMILES string of the molecule is O=C1CCC(N2C(=O)C3C4C=CC(O4)C3C2=O)C(=O)N1. The average molecular weight is 276 g/mol. The van der Waals surface area contributed by atoms with E-state index in [9.17, 15) is 19.2 Å². The number of imide groups is 2. The summed E-state index contributed by atoms with van der Waals surface area (Å²) in [5, 5.41) is 2.18. The Kier molecular flexibility index (Phi) is 2.21. The number of amides is 4. The minimum absolute atomic E-state index is 0.143. The van der Waals surface area contributed by atoms with Gasteiger partial charge in [-0.25, -0.2) is 0 Å². The molecule has 104 valence electrons. The van der Waals surface area contributed by atoms with Gasteiger partial charge in [0.15, 0.2) is 0 Å². The number of carbonyl (C=O) groups is 4. The summed E-state index contributed by atoms with van der Waals surface area (Å²) >= 11 is 0. The van der Waals surface area contributed by atoms with E-state index in [1.165, 1.54) is 0 Å². The van der Waals surface area contributed by atoms with Gasteiger partial charge in [-0.3, -0.25) is 29.4 Å². The van der Waals surface area contributed by atoms with Crippen LogP contribution in [-0.2, 0) is 23.9 Å². The molecular weight excluding hydrogens is 264 g/mol. The van der Waals surface area contributed by atoms with Crippen molar-refractivity contribution in [1.82, 2.24) is 10.2 Å². The highest BCUT2D eigenvalue weighted by Crippen LogP contribution is 2.46. The summed E-state index contributed by atoms with van der Waals surface area (Å²) in [5.41, 5.74) is 0. The summed E-state index contributed by atoms with van der Waals surface area (Å²) in [6, 6.07) is -0.863. The molecular formula is C13H12N2O5. The van der Waals surface area contributed by atoms with Crippen LogP contribution in [0.3, 0.4) is 0 Å². The maximum absolute atomic E-state index is 12.4. The number of rotatable bonds is 1. The molecule has 3 saturated heterocycles. The zero-order valence-corrected chi connectivity index (χ0v) is 10.4. The predicted molar refractivity (Wildman–Crippen MR) is 62.8 cm³/mol. The first-order chi connectivity index (χ1) is 9.58. The molecule has 0 aromatic carbocycles. The second-order valence-electron chi connectivity index (χ2n) is 5.52. The third-order valence-corrected chi connectivity index (χ3v) is 4.47. The van der Waals surface area contributed by atoms with Gasteiger partial charge in [0.25, 0.3) is 0 Å². The van der Waals surface area contributed by atoms with Crippen molar-refractivity contribution in [2.75, 3.05) is 0 Å². The van der Waals surface area contributed by atoms with Crippen molar-refractivity contribution in [1.29, 1.82) is 0 Å². The van der Waals surface area contributed by atoms with Crippen LogP contribution in [0.1, 0.15) is 12.8 Å². The Hall–Kier alpha value is -2.02. The number of nitrogens with zero attached hydrogens (tertiary/aromatic N) is 1. The first-order valence-electron chi connectivity index (χ1n) is 6.62. The van der Waals surface area contributed by atoms with Gasteiger partial charge in [-0.2, -0.15) is 0 Å². The van der Waals surface area contributed by atoms with Crippen molar-refractivity contribution < 1.29 is 23.9 Å². The summed E-state index contributed by atoms with van der Waals surface area (Å²) in [6.45, 7) is 0. The maximum Gasteiger partial charge on any atom is 0.249 e. The van der Waals surface area contributed by atoms with Crippen LogP contribution in [0.4, 0.5) is 0 Å². The van der Waals surface area contributed by atoms with Gasteiger partial charge in [-0.05, 0) is 6.42 Å². The molecule has 7 nitrogen and oxygen atoms in total. The van der Waals surface area contributed by atoms with Crippen molar-refractivity contribution in [3.05, 3.63) is 12.2 Å². The topological polar surface area (TPSA) is 92.8 Å². The predicted octanol–water partition coefficient (Wildman–Crippen LogP) is -1.27. The van der Waals surface area contributed by atoms with Gasteiger partial charge in [0, 0.05) is 6.42 Å². The third-order valence-electron chi connectivity index (χ3n) is 4.47. The van der Waals surface area contributed by atoms with E-state index < -0.39 is 23.8 Å². The second kappa shape index (κ2) is 3.76. The molecule has 4 aliphatic heterocycles. The van der Waals surface area contributed by atoms with Crippen LogP contribution < -0.4 is 5.32 Å². The fourth-order valence-corrected chi connectivity index (χ4v) is 3.56. The van der Waals surface area contributed by atoms with Gasteiger partial charge in [0.1, 0.15) is 6.04 Å². The van der Waals surface area contributed by atoms with Crippen LogP contribution in [0.15, 0.2) is 12.2 Å². The Labute approximate surface area is 113 Å². The lowest BCUT2D eigenvalue weighted by atomic mass is 9.85. The molecule has 0 aromatic rings. The summed E-state index contributed by atoms with van der Waals surface area (Å²) in [4.78, 5) is 48.9. The molecule has 4 heterocycles. The second-order valence-corrected chi connectivity index (χ2v) is 5.52. The molecule has 0 spiro atoms. The third kappa shape index (κ3) is 1.33. The highest BCUT2D eigenvalue weighted by Gasteiger charge is 2.62. The zero-order valence-electron chi connectivity index (χ0n) is 10.4. The lowest BCUT2D eigenvalue weighted by Gasteiger charge is -2.29. The van der Waals surface area contributed by atoms with Crippen molar-refractivity contribution in [2.24, 2.45) is 11.8 Å². The van der Waals surface area contributed by atoms with Crippen molar-refractivity contribution in [2.45, 2.75) is 31.1 Å². The summed E-state index contributed by atoms with van der Waals surface area (Å²) in [5.74, 6) is -2.66. The van der Waals surface area contributed by atoms with Crippen LogP contribution in [0, 0.1) is 11.8 Å². The monoisotopic (exact) mass is 276 g/mol. The quantitative estimate of drug-likeness (QED) is 0.476. The van der Waals surface area contributed by atoms with Gasteiger partial charge in [-0.15, -0.1) is 0 Å². The Morgan fingerprint density at radius 3 is 2.20 bits per heavy atom. The molecule has 5 unspecified atom stereocenters. The van der Waals surface area contributed by atoms with Crippen molar-refractivity contribution in [3.63, 3.8) is 0 Å². The van der Waals surface area contributed by atoms with E-state index in [2.05, 4.69) is 5.32 Å². The van der Waals surface area contributed by atoms with Gasteiger partial charge >= 0.3 is 0 Å². The van der Waals surface area contributed by atoms with E-state index in [1.54, 1.807) is 12.2 Å². The van der Waals surface area contributed by atoms with E-state index in [0.29, 0.717) is 0 Å². The maximum atomic E-state index is 12.4. The van der Waals surface area contributed by atoms with E-state index in [0.717, 1.165) is 4.90 Å². The summed E-state index contributed by atoms with van der Waals surface area (Å²) < 4.78 is 5.53. The number of fused-ring (bicyclic) bond motifs is 5. The average Bonchev–Trinajstić information content (AvgIpc) is 3.06. The van der Waals surface area contributed by atoms with E-state index in [-0.39, 0.29) is 42.8 Å². The number of hydrogen-bond donors (Lipinski definition) is 1. The minimum Gasteiger partial charge on any atom is -0.365 e. The Morgan fingerprint density at radius 1 is 1.05 bits per heavy atom. The largest absolute Gasteiger partial charge is 0.365 e. The molecule has 5 atom stereocenters. The fourth-order valence-electron chi connectivity index (χ4n) is 3.56. The smallest absolute Gasteiger partial charge is 0.249 e. The summed E-state index contributed by atoms with van der Waals surface area (Å²) in [7, 11) is 0. The number of piperidine rings is 1. The van der Waals surface area contributed by atoms with Crippen LogP contribution in [0.2, 0.25) is 0 Å². The first-order valence-corrected chi connectivity index (χ1v) is 6.62. The van der Waals surface area contributed by atoms with Gasteiger partial charge < -0.3 is 4.74 Å². The van der Waals surface area contributed by atoms with E-state index >= 15 is 0 Å². The lowest BCUT2D eigenvalue weighted by molar-refractivity contribution is -0.153. The molecule has 0 saturated carbocycles. The molecule has 0 aromatic heterocycles. The van der Waals surface area contributed by atoms with Crippen LogP contribution in [0.25, 0.3) is 0 Å². The Balaban J connectivity index is 1.65. The van der Waals surface area contributed by atoms with Gasteiger partial charge in [-0.1, -0.05) is 12.2 Å². The van der Waals surface area contributed by atoms with Crippen molar-refractivity contribution in [3.8, 4) is 0 Å².